The van der Waals surface area contributed by atoms with Crippen LogP contribution in [-0.4, -0.2) is 12.1 Å². The molecule has 1 heterocycles. The Hall–Kier alpha value is -1.02. The van der Waals surface area contributed by atoms with E-state index in [2.05, 4.69) is 19.9 Å². The molecule has 14 heavy (non-hydrogen) atoms. The molecule has 1 aromatic carbocycles. The third kappa shape index (κ3) is 1.62. The van der Waals surface area contributed by atoms with Gasteiger partial charge >= 0.3 is 0 Å². The lowest BCUT2D eigenvalue weighted by atomic mass is 9.96. The van der Waals surface area contributed by atoms with E-state index in [1.807, 2.05) is 18.2 Å². The number of fused-ring (bicyclic) bond motifs is 1. The monoisotopic (exact) mass is 191 g/mol. The molecule has 0 saturated heterocycles. The molecule has 2 rings (SSSR count). The summed E-state index contributed by atoms with van der Waals surface area (Å²) in [6, 6.07) is 8.31. The number of hydrogen-bond acceptors (Lipinski definition) is 2. The van der Waals surface area contributed by atoms with E-state index in [1.165, 1.54) is 5.56 Å². The third-order valence-corrected chi connectivity index (χ3v) is 2.87. The summed E-state index contributed by atoms with van der Waals surface area (Å²) < 4.78 is 5.80. The lowest BCUT2D eigenvalue weighted by Gasteiger charge is -2.22. The van der Waals surface area contributed by atoms with E-state index in [1.54, 1.807) is 0 Å². The van der Waals surface area contributed by atoms with Crippen LogP contribution in [0, 0.1) is 5.92 Å². The third-order valence-electron chi connectivity index (χ3n) is 2.87. The molecule has 1 aromatic rings. The van der Waals surface area contributed by atoms with Crippen molar-refractivity contribution in [3.63, 3.8) is 0 Å². The first-order valence-electron chi connectivity index (χ1n) is 5.18. The first-order valence-corrected chi connectivity index (χ1v) is 5.18. The molecule has 0 saturated carbocycles. The van der Waals surface area contributed by atoms with E-state index in [0.717, 1.165) is 12.2 Å². The Labute approximate surface area is 85.1 Å². The van der Waals surface area contributed by atoms with Crippen LogP contribution < -0.4 is 10.5 Å². The highest BCUT2D eigenvalue weighted by Crippen LogP contribution is 2.30. The largest absolute Gasteiger partial charge is 0.488 e. The molecule has 0 spiro atoms. The molecule has 1 aliphatic heterocycles. The average Bonchev–Trinajstić information content (AvgIpc) is 2.59. The van der Waals surface area contributed by atoms with Crippen molar-refractivity contribution in [3.05, 3.63) is 29.8 Å². The Morgan fingerprint density at radius 2 is 2.07 bits per heavy atom. The summed E-state index contributed by atoms with van der Waals surface area (Å²) in [5, 5.41) is 0. The van der Waals surface area contributed by atoms with Crippen molar-refractivity contribution in [2.24, 2.45) is 11.7 Å². The first-order chi connectivity index (χ1) is 6.68. The van der Waals surface area contributed by atoms with E-state index < -0.39 is 0 Å². The van der Waals surface area contributed by atoms with Gasteiger partial charge in [-0.3, -0.25) is 0 Å². The molecule has 2 nitrogen and oxygen atoms in total. The number of benzene rings is 1. The Balaban J connectivity index is 2.12. The fraction of sp³-hybridized carbons (Fsp3) is 0.500. The molecule has 2 atom stereocenters. The highest BCUT2D eigenvalue weighted by molar-refractivity contribution is 5.37. The van der Waals surface area contributed by atoms with E-state index in [4.69, 9.17) is 10.5 Å². The summed E-state index contributed by atoms with van der Waals surface area (Å²) in [6.07, 6.45) is 1.11. The van der Waals surface area contributed by atoms with Crippen molar-refractivity contribution in [1.82, 2.24) is 0 Å². The van der Waals surface area contributed by atoms with Gasteiger partial charge in [-0.2, -0.15) is 0 Å². The minimum atomic E-state index is 0.127. The van der Waals surface area contributed by atoms with Crippen LogP contribution in [0.4, 0.5) is 0 Å². The second-order valence-electron chi connectivity index (χ2n) is 4.29. The van der Waals surface area contributed by atoms with Crippen LogP contribution in [0.5, 0.6) is 5.75 Å². The molecule has 2 unspecified atom stereocenters. The number of para-hydroxylation sites is 1. The van der Waals surface area contributed by atoms with Gasteiger partial charge in [-0.1, -0.05) is 32.0 Å². The Morgan fingerprint density at radius 3 is 2.71 bits per heavy atom. The molecule has 0 radical (unpaired) electrons. The predicted octanol–water partition coefficient (Wildman–Crippen LogP) is 1.97. The van der Waals surface area contributed by atoms with E-state index in [-0.39, 0.29) is 12.1 Å². The Bertz CT molecular complexity index is 297. The summed E-state index contributed by atoms with van der Waals surface area (Å²) in [6.45, 7) is 4.27. The van der Waals surface area contributed by atoms with Gasteiger partial charge < -0.3 is 10.5 Å². The SMILES string of the molecule is CC(C)C(N)C1Cc2ccccc2O1. The standard InChI is InChI=1S/C12H17NO/c1-8(2)12(13)11-7-9-5-3-4-6-10(9)14-11/h3-6,8,11-12H,7,13H2,1-2H3. The van der Waals surface area contributed by atoms with Gasteiger partial charge in [-0.25, -0.2) is 0 Å². The topological polar surface area (TPSA) is 35.2 Å². The molecule has 0 amide bonds. The molecule has 2 heteroatoms. The normalized spacial score (nSPS) is 21.9. The quantitative estimate of drug-likeness (QED) is 0.775. The van der Waals surface area contributed by atoms with Gasteiger partial charge in [-0.15, -0.1) is 0 Å². The molecular formula is C12H17NO. The van der Waals surface area contributed by atoms with Crippen molar-refractivity contribution in [2.75, 3.05) is 0 Å². The fourth-order valence-corrected chi connectivity index (χ4v) is 1.85. The number of nitrogens with two attached hydrogens (primary N) is 1. The number of rotatable bonds is 2. The molecule has 1 aliphatic rings. The van der Waals surface area contributed by atoms with Gasteiger partial charge in [0.1, 0.15) is 11.9 Å². The van der Waals surface area contributed by atoms with E-state index in [0.29, 0.717) is 5.92 Å². The molecule has 0 bridgehead atoms. The Kier molecular flexibility index (Phi) is 2.46. The van der Waals surface area contributed by atoms with Crippen LogP contribution >= 0.6 is 0 Å². The van der Waals surface area contributed by atoms with E-state index in [9.17, 15) is 0 Å². The highest BCUT2D eigenvalue weighted by atomic mass is 16.5. The zero-order valence-electron chi connectivity index (χ0n) is 8.73. The van der Waals surface area contributed by atoms with E-state index >= 15 is 0 Å². The minimum Gasteiger partial charge on any atom is -0.488 e. The summed E-state index contributed by atoms with van der Waals surface area (Å²) in [5.74, 6) is 1.47. The van der Waals surface area contributed by atoms with Crippen molar-refractivity contribution in [3.8, 4) is 5.75 Å². The van der Waals surface area contributed by atoms with Gasteiger partial charge in [0.05, 0.1) is 0 Å². The number of ether oxygens (including phenoxy) is 1. The van der Waals surface area contributed by atoms with Crippen molar-refractivity contribution in [2.45, 2.75) is 32.4 Å². The minimum absolute atomic E-state index is 0.127. The summed E-state index contributed by atoms with van der Waals surface area (Å²) >= 11 is 0. The predicted molar refractivity (Wildman–Crippen MR) is 57.4 cm³/mol. The van der Waals surface area contributed by atoms with Crippen molar-refractivity contribution < 1.29 is 4.74 Å². The van der Waals surface area contributed by atoms with Crippen LogP contribution in [0.15, 0.2) is 24.3 Å². The average molecular weight is 191 g/mol. The summed E-state index contributed by atoms with van der Waals surface area (Å²) in [7, 11) is 0. The summed E-state index contributed by atoms with van der Waals surface area (Å²) in [4.78, 5) is 0. The second kappa shape index (κ2) is 3.62. The van der Waals surface area contributed by atoms with Gasteiger partial charge in [0, 0.05) is 12.5 Å². The molecule has 0 fully saturated rings. The maximum atomic E-state index is 6.08. The van der Waals surface area contributed by atoms with Crippen molar-refractivity contribution in [1.29, 1.82) is 0 Å². The number of hydrogen-bond donors (Lipinski definition) is 1. The first kappa shape index (κ1) is 9.53. The zero-order valence-corrected chi connectivity index (χ0v) is 8.73. The van der Waals surface area contributed by atoms with Crippen LogP contribution in [0.3, 0.4) is 0 Å². The van der Waals surface area contributed by atoms with Crippen LogP contribution in [0.2, 0.25) is 0 Å². The van der Waals surface area contributed by atoms with Crippen LogP contribution in [0.1, 0.15) is 19.4 Å². The summed E-state index contributed by atoms with van der Waals surface area (Å²) in [5.41, 5.74) is 7.36. The zero-order chi connectivity index (χ0) is 10.1. The second-order valence-corrected chi connectivity index (χ2v) is 4.29. The van der Waals surface area contributed by atoms with Gasteiger partial charge in [0.25, 0.3) is 0 Å². The van der Waals surface area contributed by atoms with Crippen LogP contribution in [0.25, 0.3) is 0 Å². The van der Waals surface area contributed by atoms with Gasteiger partial charge in [0.2, 0.25) is 0 Å². The van der Waals surface area contributed by atoms with Gasteiger partial charge in [0.15, 0.2) is 0 Å². The highest BCUT2D eigenvalue weighted by Gasteiger charge is 2.29. The maximum Gasteiger partial charge on any atom is 0.123 e. The molecule has 0 aliphatic carbocycles. The molecular weight excluding hydrogens is 174 g/mol. The lowest BCUT2D eigenvalue weighted by Crippen LogP contribution is -2.41. The van der Waals surface area contributed by atoms with Crippen molar-refractivity contribution >= 4 is 0 Å². The lowest BCUT2D eigenvalue weighted by molar-refractivity contribution is 0.174. The molecule has 76 valence electrons. The van der Waals surface area contributed by atoms with Crippen LogP contribution in [-0.2, 0) is 6.42 Å². The fourth-order valence-electron chi connectivity index (χ4n) is 1.85. The molecule has 0 aromatic heterocycles. The smallest absolute Gasteiger partial charge is 0.123 e. The molecule has 2 N–H and O–H groups in total. The Morgan fingerprint density at radius 1 is 1.36 bits per heavy atom. The van der Waals surface area contributed by atoms with Gasteiger partial charge in [-0.05, 0) is 17.5 Å². The maximum absolute atomic E-state index is 6.08.